The molecule has 1 N–H and O–H groups in total. The molecule has 1 aliphatic carbocycles. The Morgan fingerprint density at radius 2 is 2.11 bits per heavy atom. The van der Waals surface area contributed by atoms with E-state index in [1.54, 1.807) is 11.3 Å². The van der Waals surface area contributed by atoms with E-state index in [1.807, 2.05) is 17.7 Å². The van der Waals surface area contributed by atoms with Crippen LogP contribution < -0.4 is 5.32 Å². The number of carbonyl (C=O) groups excluding carboxylic acids is 1. The van der Waals surface area contributed by atoms with E-state index in [4.69, 9.17) is 0 Å². The molecule has 0 radical (unpaired) electrons. The Hall–Kier alpha value is -1.78. The van der Waals surface area contributed by atoms with Crippen molar-refractivity contribution in [2.24, 2.45) is 7.05 Å². The van der Waals surface area contributed by atoms with Crippen LogP contribution in [0.1, 0.15) is 53.7 Å². The maximum Gasteiger partial charge on any atom is 0.236 e. The third kappa shape index (κ3) is 4.79. The Morgan fingerprint density at radius 1 is 1.25 bits per heavy atom. The van der Waals surface area contributed by atoms with Crippen LogP contribution in [0.3, 0.4) is 0 Å². The van der Waals surface area contributed by atoms with E-state index >= 15 is 0 Å². The highest BCUT2D eigenvalue weighted by atomic mass is 32.2. The van der Waals surface area contributed by atoms with Gasteiger partial charge in [-0.25, -0.2) is 0 Å². The number of amides is 1. The summed E-state index contributed by atoms with van der Waals surface area (Å²) in [5.74, 6) is 1.57. The lowest BCUT2D eigenvalue weighted by Gasteiger charge is -2.18. The first-order valence-electron chi connectivity index (χ1n) is 9.36. The number of rotatable bonds is 7. The highest BCUT2D eigenvalue weighted by molar-refractivity contribution is 7.99. The Morgan fingerprint density at radius 3 is 2.89 bits per heavy atom. The van der Waals surface area contributed by atoms with Gasteiger partial charge in [-0.3, -0.25) is 10.1 Å². The summed E-state index contributed by atoms with van der Waals surface area (Å²) in [5.41, 5.74) is 0. The lowest BCUT2D eigenvalue weighted by molar-refractivity contribution is -0.113. The molecule has 0 atom stereocenters. The van der Waals surface area contributed by atoms with E-state index in [1.165, 1.54) is 60.1 Å². The second-order valence-corrected chi connectivity index (χ2v) is 9.82. The second kappa shape index (κ2) is 9.15. The van der Waals surface area contributed by atoms with Crippen molar-refractivity contribution in [3.05, 3.63) is 33.2 Å². The van der Waals surface area contributed by atoms with E-state index in [-0.39, 0.29) is 11.7 Å². The topological polar surface area (TPSA) is 85.6 Å². The summed E-state index contributed by atoms with van der Waals surface area (Å²) >= 11 is 4.59. The van der Waals surface area contributed by atoms with E-state index in [0.29, 0.717) is 11.0 Å². The summed E-state index contributed by atoms with van der Waals surface area (Å²) in [7, 11) is 1.93. The Balaban J connectivity index is 1.29. The molecule has 1 aliphatic rings. The lowest BCUT2D eigenvalue weighted by atomic mass is 9.90. The van der Waals surface area contributed by atoms with Crippen LogP contribution in [0.4, 0.5) is 5.13 Å². The largest absolute Gasteiger partial charge is 0.309 e. The van der Waals surface area contributed by atoms with Gasteiger partial charge in [0.1, 0.15) is 10.8 Å². The molecular weight excluding hydrogens is 412 g/mol. The molecule has 0 aromatic carbocycles. The van der Waals surface area contributed by atoms with Crippen molar-refractivity contribution in [2.45, 2.75) is 49.6 Å². The van der Waals surface area contributed by atoms with E-state index in [2.05, 4.69) is 37.2 Å². The van der Waals surface area contributed by atoms with Crippen molar-refractivity contribution in [3.8, 4) is 0 Å². The zero-order valence-corrected chi connectivity index (χ0v) is 18.1. The van der Waals surface area contributed by atoms with Crippen molar-refractivity contribution in [3.63, 3.8) is 0 Å². The molecule has 148 valence electrons. The summed E-state index contributed by atoms with van der Waals surface area (Å²) in [5, 5.41) is 24.2. The van der Waals surface area contributed by atoms with Crippen LogP contribution in [-0.2, 0) is 18.3 Å². The van der Waals surface area contributed by atoms with Gasteiger partial charge in [-0.1, -0.05) is 48.4 Å². The molecule has 3 heterocycles. The van der Waals surface area contributed by atoms with Crippen LogP contribution in [0.25, 0.3) is 0 Å². The van der Waals surface area contributed by atoms with Crippen molar-refractivity contribution in [1.29, 1.82) is 0 Å². The molecule has 0 bridgehead atoms. The number of nitrogens with one attached hydrogen (secondary N) is 1. The van der Waals surface area contributed by atoms with Crippen LogP contribution in [-0.4, -0.2) is 36.6 Å². The second-order valence-electron chi connectivity index (χ2n) is 6.83. The van der Waals surface area contributed by atoms with Gasteiger partial charge >= 0.3 is 0 Å². The van der Waals surface area contributed by atoms with Gasteiger partial charge in [0, 0.05) is 24.3 Å². The minimum absolute atomic E-state index is 0.0980. The lowest BCUT2D eigenvalue weighted by Crippen LogP contribution is -2.14. The van der Waals surface area contributed by atoms with Gasteiger partial charge in [0.25, 0.3) is 0 Å². The number of anilines is 1. The van der Waals surface area contributed by atoms with Gasteiger partial charge in [0.15, 0.2) is 5.16 Å². The van der Waals surface area contributed by atoms with E-state index < -0.39 is 0 Å². The Labute approximate surface area is 176 Å². The summed E-state index contributed by atoms with van der Waals surface area (Å²) < 4.78 is 1.95. The smallest absolute Gasteiger partial charge is 0.236 e. The monoisotopic (exact) mass is 434 g/mol. The third-order valence-electron chi connectivity index (χ3n) is 4.81. The summed E-state index contributed by atoms with van der Waals surface area (Å²) in [4.78, 5) is 13.5. The number of nitrogens with zero attached hydrogens (tertiary/aromatic N) is 5. The van der Waals surface area contributed by atoms with Crippen LogP contribution in [0.5, 0.6) is 0 Å². The maximum atomic E-state index is 12.3. The Bertz CT molecular complexity index is 914. The number of thioether (sulfide) groups is 1. The van der Waals surface area contributed by atoms with Gasteiger partial charge in [-0.05, 0) is 24.3 Å². The van der Waals surface area contributed by atoms with Gasteiger partial charge in [0.2, 0.25) is 11.0 Å². The zero-order chi connectivity index (χ0) is 19.3. The molecule has 4 rings (SSSR count). The number of aromatic nitrogens is 5. The molecule has 7 nitrogen and oxygen atoms in total. The first-order chi connectivity index (χ1) is 13.7. The molecule has 3 aromatic rings. The van der Waals surface area contributed by atoms with Gasteiger partial charge < -0.3 is 4.57 Å². The minimum Gasteiger partial charge on any atom is -0.309 e. The molecule has 10 heteroatoms. The van der Waals surface area contributed by atoms with Crippen molar-refractivity contribution in [1.82, 2.24) is 25.0 Å². The molecule has 1 fully saturated rings. The molecule has 1 saturated carbocycles. The quantitative estimate of drug-likeness (QED) is 0.564. The normalized spacial score (nSPS) is 15.0. The summed E-state index contributed by atoms with van der Waals surface area (Å²) in [6, 6.07) is 4.12. The van der Waals surface area contributed by atoms with E-state index in [9.17, 15) is 4.79 Å². The fourth-order valence-electron chi connectivity index (χ4n) is 3.28. The van der Waals surface area contributed by atoms with Crippen LogP contribution >= 0.6 is 34.4 Å². The number of hydrogen-bond acceptors (Lipinski definition) is 8. The molecule has 0 unspecified atom stereocenters. The predicted octanol–water partition coefficient (Wildman–Crippen LogP) is 4.10. The maximum absolute atomic E-state index is 12.3. The highest BCUT2D eigenvalue weighted by Crippen LogP contribution is 2.35. The fourth-order valence-corrected chi connectivity index (χ4v) is 5.64. The molecule has 0 saturated heterocycles. The van der Waals surface area contributed by atoms with Crippen molar-refractivity contribution < 1.29 is 4.79 Å². The number of carbonyl (C=O) groups is 1. The van der Waals surface area contributed by atoms with Gasteiger partial charge in [0.05, 0.1) is 5.75 Å². The first kappa shape index (κ1) is 19.5. The fraction of sp³-hybridized carbons (Fsp3) is 0.500. The van der Waals surface area contributed by atoms with Crippen LogP contribution in [0.2, 0.25) is 0 Å². The van der Waals surface area contributed by atoms with Crippen molar-refractivity contribution in [2.75, 3.05) is 11.1 Å². The minimum atomic E-state index is -0.0980. The zero-order valence-electron chi connectivity index (χ0n) is 15.6. The molecule has 3 aromatic heterocycles. The average Bonchev–Trinajstić information content (AvgIpc) is 3.45. The van der Waals surface area contributed by atoms with E-state index in [0.717, 1.165) is 22.4 Å². The third-order valence-corrected chi connectivity index (χ3v) is 7.71. The molecule has 0 spiro atoms. The van der Waals surface area contributed by atoms with Crippen molar-refractivity contribution >= 4 is 45.5 Å². The number of thiophene rings is 1. The van der Waals surface area contributed by atoms with Crippen LogP contribution in [0, 0.1) is 0 Å². The van der Waals surface area contributed by atoms with Crippen LogP contribution in [0.15, 0.2) is 22.7 Å². The molecule has 1 amide bonds. The Kier molecular flexibility index (Phi) is 6.38. The highest BCUT2D eigenvalue weighted by Gasteiger charge is 2.20. The van der Waals surface area contributed by atoms with Gasteiger partial charge in [-0.15, -0.1) is 31.7 Å². The number of hydrogen-bond donors (Lipinski definition) is 1. The average molecular weight is 435 g/mol. The first-order valence-corrected chi connectivity index (χ1v) is 12.0. The summed E-state index contributed by atoms with van der Waals surface area (Å²) in [6.07, 6.45) is 6.94. The predicted molar refractivity (Wildman–Crippen MR) is 113 cm³/mol. The van der Waals surface area contributed by atoms with Gasteiger partial charge in [-0.2, -0.15) is 0 Å². The SMILES string of the molecule is Cn1c(Cc2cccs2)nnc1SCC(=O)Nc1nnc(C2CCCCC2)s1. The standard InChI is InChI=1S/C18H22N6OS3/c1-24-14(10-13-8-5-9-26-13)20-23-18(24)27-11-15(25)19-17-22-21-16(28-17)12-6-3-2-4-7-12/h5,8-9,12H,2-4,6-7,10-11H2,1H3,(H,19,22,25). The molecular formula is C18H22N6OS3. The molecule has 0 aliphatic heterocycles. The molecule has 28 heavy (non-hydrogen) atoms. The summed E-state index contributed by atoms with van der Waals surface area (Å²) in [6.45, 7) is 0.